The van der Waals surface area contributed by atoms with Gasteiger partial charge in [-0.1, -0.05) is 27.2 Å². The predicted molar refractivity (Wildman–Crippen MR) is 71.6 cm³/mol. The highest BCUT2D eigenvalue weighted by atomic mass is 15.2. The third-order valence-electron chi connectivity index (χ3n) is 3.86. The summed E-state index contributed by atoms with van der Waals surface area (Å²) in [6, 6.07) is 0.832. The van der Waals surface area contributed by atoms with Crippen molar-refractivity contribution in [3.63, 3.8) is 0 Å². The quantitative estimate of drug-likeness (QED) is 0.689. The summed E-state index contributed by atoms with van der Waals surface area (Å²) in [6.45, 7) is 11.3. The van der Waals surface area contributed by atoms with Crippen molar-refractivity contribution in [3.05, 3.63) is 0 Å². The molecule has 0 heterocycles. The summed E-state index contributed by atoms with van der Waals surface area (Å²) >= 11 is 0. The second-order valence-electron chi connectivity index (χ2n) is 6.06. The molecular formula is C14H30N2. The number of nitrogens with two attached hydrogens (primary N) is 1. The van der Waals surface area contributed by atoms with E-state index >= 15 is 0 Å². The Kier molecular flexibility index (Phi) is 5.26. The van der Waals surface area contributed by atoms with Gasteiger partial charge in [-0.15, -0.1) is 0 Å². The Balaban J connectivity index is 2.58. The third-order valence-corrected chi connectivity index (χ3v) is 3.86. The van der Waals surface area contributed by atoms with Crippen LogP contribution in [-0.2, 0) is 0 Å². The molecule has 1 rings (SSSR count). The zero-order valence-electron chi connectivity index (χ0n) is 11.6. The summed E-state index contributed by atoms with van der Waals surface area (Å²) in [5, 5.41) is 0. The first-order valence-electron chi connectivity index (χ1n) is 7.00. The fraction of sp³-hybridized carbons (Fsp3) is 1.00. The van der Waals surface area contributed by atoms with Gasteiger partial charge >= 0.3 is 0 Å². The van der Waals surface area contributed by atoms with Gasteiger partial charge in [-0.3, -0.25) is 4.90 Å². The van der Waals surface area contributed by atoms with Crippen LogP contribution in [0.1, 0.15) is 59.8 Å². The normalized spacial score (nSPS) is 20.4. The molecule has 1 unspecified atom stereocenters. The number of rotatable bonds is 8. The van der Waals surface area contributed by atoms with Crippen LogP contribution >= 0.6 is 0 Å². The molecule has 1 aliphatic rings. The molecule has 0 radical (unpaired) electrons. The van der Waals surface area contributed by atoms with E-state index in [9.17, 15) is 0 Å². The maximum absolute atomic E-state index is 6.02. The molecule has 0 aromatic rings. The summed E-state index contributed by atoms with van der Waals surface area (Å²) in [5.74, 6) is 0.796. The topological polar surface area (TPSA) is 29.3 Å². The SMILES string of the molecule is CCCC(C)(CN)N(CCC(C)C)C1CC1. The zero-order chi connectivity index (χ0) is 12.2. The average molecular weight is 226 g/mol. The van der Waals surface area contributed by atoms with Gasteiger partial charge < -0.3 is 5.73 Å². The van der Waals surface area contributed by atoms with Crippen molar-refractivity contribution in [2.24, 2.45) is 11.7 Å². The molecular weight excluding hydrogens is 196 g/mol. The minimum atomic E-state index is 0.241. The lowest BCUT2D eigenvalue weighted by molar-refractivity contribution is 0.0857. The van der Waals surface area contributed by atoms with E-state index in [4.69, 9.17) is 5.73 Å². The van der Waals surface area contributed by atoms with Crippen LogP contribution in [0.5, 0.6) is 0 Å². The minimum Gasteiger partial charge on any atom is -0.329 e. The molecule has 1 atom stereocenters. The van der Waals surface area contributed by atoms with E-state index in [2.05, 4.69) is 32.6 Å². The van der Waals surface area contributed by atoms with Crippen molar-refractivity contribution in [2.75, 3.05) is 13.1 Å². The van der Waals surface area contributed by atoms with Gasteiger partial charge in [-0.2, -0.15) is 0 Å². The zero-order valence-corrected chi connectivity index (χ0v) is 11.6. The Hall–Kier alpha value is -0.0800. The molecule has 0 aromatic heterocycles. The van der Waals surface area contributed by atoms with Crippen LogP contribution < -0.4 is 5.73 Å². The van der Waals surface area contributed by atoms with Gasteiger partial charge in [0, 0.05) is 18.1 Å². The lowest BCUT2D eigenvalue weighted by atomic mass is 9.92. The number of hydrogen-bond donors (Lipinski definition) is 1. The van der Waals surface area contributed by atoms with Crippen molar-refractivity contribution in [2.45, 2.75) is 71.4 Å². The molecule has 0 aromatic carbocycles. The van der Waals surface area contributed by atoms with E-state index in [0.717, 1.165) is 18.5 Å². The molecule has 0 amide bonds. The van der Waals surface area contributed by atoms with Crippen molar-refractivity contribution in [1.82, 2.24) is 4.90 Å². The second kappa shape index (κ2) is 6.02. The van der Waals surface area contributed by atoms with E-state index in [1.807, 2.05) is 0 Å². The highest BCUT2D eigenvalue weighted by Gasteiger charge is 2.39. The van der Waals surface area contributed by atoms with E-state index < -0.39 is 0 Å². The first-order valence-corrected chi connectivity index (χ1v) is 7.00. The minimum absolute atomic E-state index is 0.241. The van der Waals surface area contributed by atoms with Gasteiger partial charge in [0.1, 0.15) is 0 Å². The highest BCUT2D eigenvalue weighted by Crippen LogP contribution is 2.35. The van der Waals surface area contributed by atoms with Crippen molar-refractivity contribution in [1.29, 1.82) is 0 Å². The molecule has 0 bridgehead atoms. The summed E-state index contributed by atoms with van der Waals surface area (Å²) in [7, 11) is 0. The lowest BCUT2D eigenvalue weighted by Crippen LogP contribution is -2.53. The van der Waals surface area contributed by atoms with Crippen LogP contribution in [0.4, 0.5) is 0 Å². The smallest absolute Gasteiger partial charge is 0.0306 e. The van der Waals surface area contributed by atoms with Gasteiger partial charge in [0.05, 0.1) is 0 Å². The lowest BCUT2D eigenvalue weighted by Gasteiger charge is -2.41. The predicted octanol–water partition coefficient (Wildman–Crippen LogP) is 3.01. The van der Waals surface area contributed by atoms with Crippen LogP contribution in [0.3, 0.4) is 0 Å². The summed E-state index contributed by atoms with van der Waals surface area (Å²) in [4.78, 5) is 2.70. The first kappa shape index (κ1) is 14.0. The van der Waals surface area contributed by atoms with Crippen molar-refractivity contribution in [3.8, 4) is 0 Å². The Morgan fingerprint density at radius 1 is 1.38 bits per heavy atom. The van der Waals surface area contributed by atoms with Gasteiger partial charge in [-0.25, -0.2) is 0 Å². The maximum atomic E-state index is 6.02. The third kappa shape index (κ3) is 3.74. The van der Waals surface area contributed by atoms with Crippen LogP contribution in [0.2, 0.25) is 0 Å². The van der Waals surface area contributed by atoms with Gasteiger partial charge in [0.2, 0.25) is 0 Å². The first-order chi connectivity index (χ1) is 7.53. The van der Waals surface area contributed by atoms with Crippen molar-refractivity contribution >= 4 is 0 Å². The van der Waals surface area contributed by atoms with Crippen LogP contribution in [0.15, 0.2) is 0 Å². The molecule has 1 aliphatic carbocycles. The fourth-order valence-electron chi connectivity index (χ4n) is 2.58. The van der Waals surface area contributed by atoms with Crippen LogP contribution in [0, 0.1) is 5.92 Å². The van der Waals surface area contributed by atoms with Gasteiger partial charge in [0.15, 0.2) is 0 Å². The largest absolute Gasteiger partial charge is 0.329 e. The molecule has 2 nitrogen and oxygen atoms in total. The maximum Gasteiger partial charge on any atom is 0.0306 e. The van der Waals surface area contributed by atoms with Crippen molar-refractivity contribution < 1.29 is 0 Å². The molecule has 1 fully saturated rings. The van der Waals surface area contributed by atoms with Gasteiger partial charge in [0.25, 0.3) is 0 Å². The van der Waals surface area contributed by atoms with E-state index in [1.165, 1.54) is 38.6 Å². The summed E-state index contributed by atoms with van der Waals surface area (Å²) in [6.07, 6.45) is 6.54. The molecule has 0 saturated heterocycles. The highest BCUT2D eigenvalue weighted by molar-refractivity contribution is 4.96. The Labute approximate surface area is 102 Å². The monoisotopic (exact) mass is 226 g/mol. The van der Waals surface area contributed by atoms with E-state index in [1.54, 1.807) is 0 Å². The van der Waals surface area contributed by atoms with E-state index in [0.29, 0.717) is 0 Å². The fourth-order valence-corrected chi connectivity index (χ4v) is 2.58. The van der Waals surface area contributed by atoms with Crippen LogP contribution in [-0.4, -0.2) is 29.6 Å². The molecule has 1 saturated carbocycles. The molecule has 2 heteroatoms. The van der Waals surface area contributed by atoms with Gasteiger partial charge in [-0.05, 0) is 45.1 Å². The standard InChI is InChI=1S/C14H30N2/c1-5-9-14(4,11-15)16(13-6-7-13)10-8-12(2)3/h12-13H,5-11,15H2,1-4H3. The number of hydrogen-bond acceptors (Lipinski definition) is 2. The Bertz CT molecular complexity index is 199. The second-order valence-corrected chi connectivity index (χ2v) is 6.06. The average Bonchev–Trinajstić information content (AvgIpc) is 3.02. The van der Waals surface area contributed by atoms with Crippen LogP contribution in [0.25, 0.3) is 0 Å². The Morgan fingerprint density at radius 3 is 2.38 bits per heavy atom. The molecule has 0 aliphatic heterocycles. The number of nitrogens with zero attached hydrogens (tertiary/aromatic N) is 1. The molecule has 0 spiro atoms. The molecule has 16 heavy (non-hydrogen) atoms. The Morgan fingerprint density at radius 2 is 2.00 bits per heavy atom. The summed E-state index contributed by atoms with van der Waals surface area (Å²) < 4.78 is 0. The van der Waals surface area contributed by atoms with E-state index in [-0.39, 0.29) is 5.54 Å². The molecule has 96 valence electrons. The summed E-state index contributed by atoms with van der Waals surface area (Å²) in [5.41, 5.74) is 6.27. The molecule has 2 N–H and O–H groups in total.